The van der Waals surface area contributed by atoms with Gasteiger partial charge in [0.25, 0.3) is 0 Å². The highest BCUT2D eigenvalue weighted by molar-refractivity contribution is 6.26. The Labute approximate surface area is 227 Å². The Kier molecular flexibility index (Phi) is 4.60. The average Bonchev–Trinajstić information content (AvgIpc) is 3.48. The van der Waals surface area contributed by atoms with E-state index < -0.39 is 0 Å². The van der Waals surface area contributed by atoms with Gasteiger partial charge in [-0.15, -0.1) is 0 Å². The molecule has 1 heterocycles. The van der Waals surface area contributed by atoms with Crippen LogP contribution < -0.4 is 4.90 Å². The van der Waals surface area contributed by atoms with E-state index in [1.54, 1.807) is 0 Å². The van der Waals surface area contributed by atoms with E-state index in [2.05, 4.69) is 146 Å². The summed E-state index contributed by atoms with van der Waals surface area (Å²) in [6.45, 7) is 4.72. The molecular formula is C37H27NO. The topological polar surface area (TPSA) is 16.4 Å². The molecule has 39 heavy (non-hydrogen) atoms. The van der Waals surface area contributed by atoms with Crippen molar-refractivity contribution in [3.8, 4) is 11.1 Å². The summed E-state index contributed by atoms with van der Waals surface area (Å²) >= 11 is 0. The van der Waals surface area contributed by atoms with Gasteiger partial charge in [0.05, 0.1) is 11.1 Å². The van der Waals surface area contributed by atoms with Crippen LogP contribution in [-0.2, 0) is 5.41 Å². The summed E-state index contributed by atoms with van der Waals surface area (Å²) in [5, 5.41) is 4.78. The maximum absolute atomic E-state index is 6.82. The van der Waals surface area contributed by atoms with Crippen LogP contribution in [0.5, 0.6) is 0 Å². The maximum Gasteiger partial charge on any atom is 0.143 e. The van der Waals surface area contributed by atoms with Crippen molar-refractivity contribution in [3.63, 3.8) is 0 Å². The molecule has 1 aliphatic rings. The number of hydrogen-bond acceptors (Lipinski definition) is 2. The highest BCUT2D eigenvalue weighted by Gasteiger charge is 2.40. The summed E-state index contributed by atoms with van der Waals surface area (Å²) in [6, 6.07) is 45.3. The fourth-order valence-electron chi connectivity index (χ4n) is 6.77. The zero-order valence-electron chi connectivity index (χ0n) is 22.0. The molecule has 0 atom stereocenters. The number of fused-ring (bicyclic) bond motifs is 10. The Balaban J connectivity index is 1.58. The second-order valence-corrected chi connectivity index (χ2v) is 10.9. The van der Waals surface area contributed by atoms with Crippen LogP contribution in [0.3, 0.4) is 0 Å². The molecule has 2 nitrogen and oxygen atoms in total. The molecule has 0 aliphatic heterocycles. The Hall–Kier alpha value is -4.82. The summed E-state index contributed by atoms with van der Waals surface area (Å²) in [4.78, 5) is 2.36. The standard InChI is InChI=1S/C37H27NO/c1-37(2)29-21-12-11-20-28(29)32-26-18-9-10-19-27(26)36-34(35(32)37)33-30(22-13-23-31(33)39-36)38(24-14-5-3-6-15-24)25-16-7-4-8-17-25/h3-23H,1-2H3. The van der Waals surface area contributed by atoms with Crippen LogP contribution in [0.1, 0.15) is 25.0 Å². The second kappa shape index (κ2) is 8.09. The van der Waals surface area contributed by atoms with Crippen molar-refractivity contribution in [2.45, 2.75) is 19.3 Å². The zero-order valence-corrected chi connectivity index (χ0v) is 22.0. The quantitative estimate of drug-likeness (QED) is 0.239. The van der Waals surface area contributed by atoms with E-state index in [-0.39, 0.29) is 5.41 Å². The molecule has 0 bridgehead atoms. The lowest BCUT2D eigenvalue weighted by Gasteiger charge is -2.27. The monoisotopic (exact) mass is 501 g/mol. The molecule has 2 heteroatoms. The molecule has 0 saturated carbocycles. The molecule has 1 aliphatic carbocycles. The maximum atomic E-state index is 6.82. The smallest absolute Gasteiger partial charge is 0.143 e. The van der Waals surface area contributed by atoms with Gasteiger partial charge >= 0.3 is 0 Å². The van der Waals surface area contributed by atoms with E-state index in [1.807, 2.05) is 0 Å². The Morgan fingerprint density at radius 1 is 0.564 bits per heavy atom. The first-order chi connectivity index (χ1) is 19.1. The van der Waals surface area contributed by atoms with Crippen LogP contribution in [0.4, 0.5) is 17.1 Å². The third-order valence-electron chi connectivity index (χ3n) is 8.40. The summed E-state index contributed by atoms with van der Waals surface area (Å²) in [5.74, 6) is 0. The van der Waals surface area contributed by atoms with Crippen molar-refractivity contribution in [3.05, 3.63) is 139 Å². The molecule has 0 spiro atoms. The van der Waals surface area contributed by atoms with Gasteiger partial charge in [-0.3, -0.25) is 0 Å². The van der Waals surface area contributed by atoms with Crippen molar-refractivity contribution in [2.24, 2.45) is 0 Å². The lowest BCUT2D eigenvalue weighted by Crippen LogP contribution is -2.15. The molecule has 0 fully saturated rings. The van der Waals surface area contributed by atoms with Gasteiger partial charge in [0.15, 0.2) is 0 Å². The highest BCUT2D eigenvalue weighted by atomic mass is 16.3. The van der Waals surface area contributed by atoms with Crippen LogP contribution in [0.25, 0.3) is 43.8 Å². The average molecular weight is 502 g/mol. The first-order valence-corrected chi connectivity index (χ1v) is 13.5. The predicted octanol–water partition coefficient (Wildman–Crippen LogP) is 10.5. The van der Waals surface area contributed by atoms with E-state index in [0.717, 1.165) is 39.0 Å². The van der Waals surface area contributed by atoms with Crippen LogP contribution in [-0.4, -0.2) is 0 Å². The molecular weight excluding hydrogens is 474 g/mol. The summed E-state index contributed by atoms with van der Waals surface area (Å²) in [5.41, 5.74) is 10.4. The van der Waals surface area contributed by atoms with E-state index in [4.69, 9.17) is 4.42 Å². The van der Waals surface area contributed by atoms with Crippen molar-refractivity contribution >= 4 is 49.8 Å². The fraction of sp³-hybridized carbons (Fsp3) is 0.0811. The number of anilines is 3. The van der Waals surface area contributed by atoms with Gasteiger partial charge < -0.3 is 9.32 Å². The first-order valence-electron chi connectivity index (χ1n) is 13.5. The molecule has 0 N–H and O–H groups in total. The minimum absolute atomic E-state index is 0.178. The van der Waals surface area contributed by atoms with Gasteiger partial charge in [-0.2, -0.15) is 0 Å². The number of furan rings is 1. The van der Waals surface area contributed by atoms with Gasteiger partial charge in [0, 0.05) is 27.6 Å². The van der Waals surface area contributed by atoms with E-state index >= 15 is 0 Å². The molecule has 186 valence electrons. The highest BCUT2D eigenvalue weighted by Crippen LogP contribution is 2.57. The van der Waals surface area contributed by atoms with Gasteiger partial charge in [-0.25, -0.2) is 0 Å². The number of rotatable bonds is 3. The molecule has 1 aromatic heterocycles. The molecule has 0 unspecified atom stereocenters. The molecule has 6 aromatic carbocycles. The number of para-hydroxylation sites is 2. The lowest BCUT2D eigenvalue weighted by atomic mass is 9.79. The van der Waals surface area contributed by atoms with Crippen LogP contribution in [0.2, 0.25) is 0 Å². The zero-order chi connectivity index (χ0) is 26.1. The van der Waals surface area contributed by atoms with Crippen LogP contribution in [0, 0.1) is 0 Å². The third-order valence-corrected chi connectivity index (χ3v) is 8.40. The van der Waals surface area contributed by atoms with Gasteiger partial charge in [-0.05, 0) is 64.0 Å². The van der Waals surface area contributed by atoms with Gasteiger partial charge in [-0.1, -0.05) is 105 Å². The number of hydrogen-bond donors (Lipinski definition) is 0. The molecule has 8 rings (SSSR count). The van der Waals surface area contributed by atoms with Crippen molar-refractivity contribution in [1.82, 2.24) is 0 Å². The van der Waals surface area contributed by atoms with Crippen molar-refractivity contribution in [2.75, 3.05) is 4.90 Å². The molecule has 0 saturated heterocycles. The van der Waals surface area contributed by atoms with E-state index in [1.165, 1.54) is 33.0 Å². The first kappa shape index (κ1) is 22.2. The fourth-order valence-corrected chi connectivity index (χ4v) is 6.77. The second-order valence-electron chi connectivity index (χ2n) is 10.9. The molecule has 0 amide bonds. The predicted molar refractivity (Wildman–Crippen MR) is 163 cm³/mol. The van der Waals surface area contributed by atoms with E-state index in [9.17, 15) is 0 Å². The minimum atomic E-state index is -0.178. The SMILES string of the molecule is CC1(C)c2ccccc2-c2c1c1c(oc3cccc(N(c4ccccc4)c4ccccc4)c31)c1ccccc21. The number of benzene rings is 6. The van der Waals surface area contributed by atoms with Crippen molar-refractivity contribution in [1.29, 1.82) is 0 Å². The van der Waals surface area contributed by atoms with E-state index in [0.29, 0.717) is 0 Å². The summed E-state index contributed by atoms with van der Waals surface area (Å²) in [7, 11) is 0. The Morgan fingerprint density at radius 3 is 1.90 bits per heavy atom. The van der Waals surface area contributed by atoms with Crippen molar-refractivity contribution < 1.29 is 4.42 Å². The summed E-state index contributed by atoms with van der Waals surface area (Å²) in [6.07, 6.45) is 0. The van der Waals surface area contributed by atoms with Gasteiger partial charge in [0.1, 0.15) is 11.2 Å². The minimum Gasteiger partial charge on any atom is -0.455 e. The Bertz CT molecular complexity index is 1990. The molecule has 0 radical (unpaired) electrons. The number of nitrogens with zero attached hydrogens (tertiary/aromatic N) is 1. The van der Waals surface area contributed by atoms with Crippen LogP contribution in [0.15, 0.2) is 132 Å². The molecule has 7 aromatic rings. The lowest BCUT2D eigenvalue weighted by molar-refractivity contribution is 0.659. The Morgan fingerprint density at radius 2 is 1.18 bits per heavy atom. The largest absolute Gasteiger partial charge is 0.455 e. The summed E-state index contributed by atoms with van der Waals surface area (Å²) < 4.78 is 6.82. The normalized spacial score (nSPS) is 13.6. The van der Waals surface area contributed by atoms with Crippen LogP contribution >= 0.6 is 0 Å². The van der Waals surface area contributed by atoms with Gasteiger partial charge in [0.2, 0.25) is 0 Å². The third kappa shape index (κ3) is 3.03.